The minimum atomic E-state index is -1.10. The highest BCUT2D eigenvalue weighted by molar-refractivity contribution is 5.78. The summed E-state index contributed by atoms with van der Waals surface area (Å²) in [5.41, 5.74) is 1.99. The lowest BCUT2D eigenvalue weighted by Crippen LogP contribution is -2.31. The fourth-order valence-corrected chi connectivity index (χ4v) is 1.68. The zero-order valence-corrected chi connectivity index (χ0v) is 10.5. The van der Waals surface area contributed by atoms with Crippen molar-refractivity contribution in [3.63, 3.8) is 0 Å². The molecule has 0 aliphatic heterocycles. The molecule has 0 radical (unpaired) electrons. The number of aliphatic carboxylic acids is 2. The average molecular weight is 251 g/mol. The summed E-state index contributed by atoms with van der Waals surface area (Å²) < 4.78 is 0. The summed E-state index contributed by atoms with van der Waals surface area (Å²) in [5, 5.41) is 17.6. The molecule has 0 aromatic heterocycles. The number of hydrogen-bond donors (Lipinski definition) is 2. The summed E-state index contributed by atoms with van der Waals surface area (Å²) in [6.45, 7) is 2.14. The Morgan fingerprint density at radius 3 is 2.22 bits per heavy atom. The second kappa shape index (κ2) is 6.05. The summed E-state index contributed by atoms with van der Waals surface area (Å²) in [7, 11) is 1.75. The lowest BCUT2D eigenvalue weighted by atomic mass is 10.1. The summed E-state index contributed by atoms with van der Waals surface area (Å²) >= 11 is 0. The van der Waals surface area contributed by atoms with Gasteiger partial charge in [-0.1, -0.05) is 17.7 Å². The van der Waals surface area contributed by atoms with E-state index in [4.69, 9.17) is 10.2 Å². The highest BCUT2D eigenvalue weighted by Crippen LogP contribution is 2.16. The molecule has 0 saturated heterocycles. The molecule has 1 unspecified atom stereocenters. The zero-order valence-electron chi connectivity index (χ0n) is 10.5. The molecule has 5 heteroatoms. The predicted molar refractivity (Wildman–Crippen MR) is 67.8 cm³/mol. The van der Waals surface area contributed by atoms with E-state index in [1.54, 1.807) is 11.9 Å². The number of anilines is 1. The minimum Gasteiger partial charge on any atom is -0.481 e. The minimum absolute atomic E-state index is 0.171. The van der Waals surface area contributed by atoms with Gasteiger partial charge in [0.15, 0.2) is 0 Å². The standard InChI is InChI=1S/C13H17NO4/c1-9-3-5-11(6-4-9)14(2)8-10(13(17)18)7-12(15)16/h3-6,10H,7-8H2,1-2H3,(H,15,16)(H,17,18). The molecule has 1 aromatic rings. The third-order valence-electron chi connectivity index (χ3n) is 2.74. The van der Waals surface area contributed by atoms with E-state index in [1.165, 1.54) is 0 Å². The van der Waals surface area contributed by atoms with Gasteiger partial charge in [-0.2, -0.15) is 0 Å². The van der Waals surface area contributed by atoms with Gasteiger partial charge in [0.05, 0.1) is 12.3 Å². The van der Waals surface area contributed by atoms with E-state index >= 15 is 0 Å². The Labute approximate surface area is 106 Å². The van der Waals surface area contributed by atoms with Crippen LogP contribution in [0.25, 0.3) is 0 Å². The Morgan fingerprint density at radius 2 is 1.78 bits per heavy atom. The van der Waals surface area contributed by atoms with Crippen LogP contribution in [-0.2, 0) is 9.59 Å². The van der Waals surface area contributed by atoms with Gasteiger partial charge in [0.1, 0.15) is 0 Å². The van der Waals surface area contributed by atoms with Crippen LogP contribution in [0.5, 0.6) is 0 Å². The molecule has 0 bridgehead atoms. The van der Waals surface area contributed by atoms with Gasteiger partial charge in [0, 0.05) is 19.3 Å². The molecule has 18 heavy (non-hydrogen) atoms. The molecular formula is C13H17NO4. The molecule has 1 aromatic carbocycles. The lowest BCUT2D eigenvalue weighted by Gasteiger charge is -2.22. The largest absolute Gasteiger partial charge is 0.481 e. The van der Waals surface area contributed by atoms with Crippen molar-refractivity contribution in [1.29, 1.82) is 0 Å². The van der Waals surface area contributed by atoms with Gasteiger partial charge >= 0.3 is 11.9 Å². The Kier molecular flexibility index (Phi) is 4.71. The van der Waals surface area contributed by atoms with E-state index in [0.717, 1.165) is 11.3 Å². The Hall–Kier alpha value is -2.04. The van der Waals surface area contributed by atoms with Crippen LogP contribution in [0, 0.1) is 12.8 Å². The highest BCUT2D eigenvalue weighted by Gasteiger charge is 2.22. The normalized spacial score (nSPS) is 11.9. The van der Waals surface area contributed by atoms with Crippen molar-refractivity contribution in [2.24, 2.45) is 5.92 Å². The topological polar surface area (TPSA) is 77.8 Å². The maximum atomic E-state index is 11.0. The maximum Gasteiger partial charge on any atom is 0.308 e. The van der Waals surface area contributed by atoms with E-state index in [2.05, 4.69) is 0 Å². The van der Waals surface area contributed by atoms with E-state index < -0.39 is 17.9 Å². The highest BCUT2D eigenvalue weighted by atomic mass is 16.4. The van der Waals surface area contributed by atoms with Gasteiger partial charge in [-0.3, -0.25) is 9.59 Å². The fraction of sp³-hybridized carbons (Fsp3) is 0.385. The quantitative estimate of drug-likeness (QED) is 0.803. The third-order valence-corrected chi connectivity index (χ3v) is 2.74. The Balaban J connectivity index is 2.71. The maximum absolute atomic E-state index is 11.0. The van der Waals surface area contributed by atoms with Gasteiger partial charge in [-0.15, -0.1) is 0 Å². The van der Waals surface area contributed by atoms with Crippen molar-refractivity contribution >= 4 is 17.6 Å². The molecule has 0 amide bonds. The van der Waals surface area contributed by atoms with Gasteiger partial charge in [-0.05, 0) is 19.1 Å². The van der Waals surface area contributed by atoms with Crippen LogP contribution in [0.1, 0.15) is 12.0 Å². The first-order valence-electron chi connectivity index (χ1n) is 5.62. The zero-order chi connectivity index (χ0) is 13.7. The second-order valence-electron chi connectivity index (χ2n) is 4.35. The van der Waals surface area contributed by atoms with E-state index in [1.807, 2.05) is 31.2 Å². The van der Waals surface area contributed by atoms with E-state index in [9.17, 15) is 9.59 Å². The van der Waals surface area contributed by atoms with Gasteiger partial charge < -0.3 is 15.1 Å². The van der Waals surface area contributed by atoms with Crippen LogP contribution in [0.2, 0.25) is 0 Å². The van der Waals surface area contributed by atoms with Crippen molar-refractivity contribution in [2.75, 3.05) is 18.5 Å². The smallest absolute Gasteiger partial charge is 0.308 e. The van der Waals surface area contributed by atoms with Crippen LogP contribution in [0.4, 0.5) is 5.69 Å². The molecule has 0 aliphatic carbocycles. The number of nitrogens with zero attached hydrogens (tertiary/aromatic N) is 1. The Bertz CT molecular complexity index is 427. The predicted octanol–water partition coefficient (Wildman–Crippen LogP) is 1.61. The summed E-state index contributed by atoms with van der Waals surface area (Å²) in [4.78, 5) is 23.3. The molecule has 98 valence electrons. The first-order valence-corrected chi connectivity index (χ1v) is 5.62. The fourth-order valence-electron chi connectivity index (χ4n) is 1.68. The molecule has 0 heterocycles. The van der Waals surface area contributed by atoms with Gasteiger partial charge in [0.2, 0.25) is 0 Å². The Morgan fingerprint density at radius 1 is 1.22 bits per heavy atom. The summed E-state index contributed by atoms with van der Waals surface area (Å²) in [6, 6.07) is 7.63. The van der Waals surface area contributed by atoms with Crippen LogP contribution in [0.15, 0.2) is 24.3 Å². The van der Waals surface area contributed by atoms with Crippen molar-refractivity contribution in [2.45, 2.75) is 13.3 Å². The van der Waals surface area contributed by atoms with Crippen LogP contribution >= 0.6 is 0 Å². The van der Waals surface area contributed by atoms with Crippen molar-refractivity contribution < 1.29 is 19.8 Å². The van der Waals surface area contributed by atoms with Crippen molar-refractivity contribution in [1.82, 2.24) is 0 Å². The monoisotopic (exact) mass is 251 g/mol. The summed E-state index contributed by atoms with van der Waals surface area (Å²) in [6.07, 6.45) is -0.370. The van der Waals surface area contributed by atoms with Crippen LogP contribution in [0.3, 0.4) is 0 Å². The molecule has 1 atom stereocenters. The number of hydrogen-bond acceptors (Lipinski definition) is 3. The molecule has 0 saturated carbocycles. The van der Waals surface area contributed by atoms with Gasteiger partial charge in [-0.25, -0.2) is 0 Å². The average Bonchev–Trinajstić information content (AvgIpc) is 2.28. The number of carboxylic acids is 2. The van der Waals surface area contributed by atoms with Crippen molar-refractivity contribution in [3.05, 3.63) is 29.8 Å². The van der Waals surface area contributed by atoms with Crippen LogP contribution in [-0.4, -0.2) is 35.7 Å². The van der Waals surface area contributed by atoms with E-state index in [0.29, 0.717) is 0 Å². The number of benzene rings is 1. The first kappa shape index (κ1) is 14.0. The SMILES string of the molecule is Cc1ccc(N(C)CC(CC(=O)O)C(=O)O)cc1. The molecule has 0 aliphatic rings. The van der Waals surface area contributed by atoms with Gasteiger partial charge in [0.25, 0.3) is 0 Å². The number of aryl methyl sites for hydroxylation is 1. The lowest BCUT2D eigenvalue weighted by molar-refractivity contribution is -0.147. The van der Waals surface area contributed by atoms with E-state index in [-0.39, 0.29) is 13.0 Å². The second-order valence-corrected chi connectivity index (χ2v) is 4.35. The molecule has 5 nitrogen and oxygen atoms in total. The number of rotatable bonds is 6. The number of carboxylic acid groups (broad SMARTS) is 2. The first-order chi connectivity index (χ1) is 8.40. The summed E-state index contributed by atoms with van der Waals surface area (Å²) in [5.74, 6) is -3.09. The molecular weight excluding hydrogens is 234 g/mol. The molecule has 1 rings (SSSR count). The van der Waals surface area contributed by atoms with Crippen molar-refractivity contribution in [3.8, 4) is 0 Å². The number of carbonyl (C=O) groups is 2. The molecule has 2 N–H and O–H groups in total. The molecule has 0 fully saturated rings. The van der Waals surface area contributed by atoms with Crippen LogP contribution < -0.4 is 4.90 Å². The third kappa shape index (κ3) is 4.08. The molecule has 0 spiro atoms.